The van der Waals surface area contributed by atoms with E-state index in [4.69, 9.17) is 42.8 Å². The fourth-order valence-electron chi connectivity index (χ4n) is 6.81. The molecule has 0 saturated heterocycles. The van der Waals surface area contributed by atoms with Crippen molar-refractivity contribution >= 4 is 52.4 Å². The predicted molar refractivity (Wildman–Crippen MR) is 223 cm³/mol. The highest BCUT2D eigenvalue weighted by Crippen LogP contribution is 2.48. The zero-order valence-electron chi connectivity index (χ0n) is 35.9. The van der Waals surface area contributed by atoms with Gasteiger partial charge in [-0.05, 0) is 76.8 Å². The van der Waals surface area contributed by atoms with Gasteiger partial charge in [-0.3, -0.25) is 32.2 Å². The molecule has 2 aromatic heterocycles. The van der Waals surface area contributed by atoms with Crippen LogP contribution in [-0.2, 0) is 85.3 Å². The highest BCUT2D eigenvalue weighted by molar-refractivity contribution is 7.47. The molecule has 0 spiro atoms. The van der Waals surface area contributed by atoms with Crippen molar-refractivity contribution < 1.29 is 89.2 Å². The number of hydrogen-bond acceptors (Lipinski definition) is 17. The van der Waals surface area contributed by atoms with Crippen LogP contribution in [0.25, 0.3) is 22.3 Å². The molecule has 5 rings (SSSR count). The molecule has 1 amide bonds. The number of hydrogen-bond donors (Lipinski definition) is 5. The molecule has 4 heterocycles. The molecular weight excluding hydrogens is 911 g/mol. The smallest absolute Gasteiger partial charge is 0.457 e. The lowest BCUT2D eigenvalue weighted by molar-refractivity contribution is -0.194. The summed E-state index contributed by atoms with van der Waals surface area (Å²) < 4.78 is 82.1. The Balaban J connectivity index is 1.21. The molecule has 0 radical (unpaired) electrons. The Hall–Kier alpha value is -3.92. The van der Waals surface area contributed by atoms with E-state index in [2.05, 4.69) is 18.9 Å². The molecule has 26 heteroatoms. The molecule has 2 aliphatic rings. The van der Waals surface area contributed by atoms with Crippen molar-refractivity contribution in [3.8, 4) is 17.1 Å². The number of pyridine rings is 2. The lowest BCUT2D eigenvalue weighted by atomic mass is 9.84. The molecule has 2 aliphatic heterocycles. The summed E-state index contributed by atoms with van der Waals surface area (Å²) in [5, 5.41) is 3.27. The van der Waals surface area contributed by atoms with Gasteiger partial charge in [0.15, 0.2) is 0 Å². The molecule has 0 bridgehead atoms. The number of nitrogens with zero attached hydrogens (tertiary/aromatic N) is 2. The van der Waals surface area contributed by atoms with Gasteiger partial charge in [-0.15, -0.1) is 0 Å². The number of amides is 1. The van der Waals surface area contributed by atoms with Crippen molar-refractivity contribution in [2.24, 2.45) is 5.41 Å². The van der Waals surface area contributed by atoms with Gasteiger partial charge in [-0.1, -0.05) is 13.8 Å². The molecule has 1 aromatic carbocycles. The lowest BCUT2D eigenvalue weighted by Gasteiger charge is -2.37. The molecule has 354 valence electrons. The van der Waals surface area contributed by atoms with Crippen molar-refractivity contribution in [3.05, 3.63) is 56.9 Å². The Kier molecular flexibility index (Phi) is 16.5. The first kappa shape index (κ1) is 51.1. The van der Waals surface area contributed by atoms with Gasteiger partial charge in [-0.25, -0.2) is 28.3 Å². The number of fused-ring (bicyclic) bond motifs is 5. The maximum Gasteiger partial charge on any atom is 0.472 e. The number of rotatable bonds is 22. The lowest BCUT2D eigenvalue weighted by Crippen LogP contribution is -2.48. The Morgan fingerprint density at radius 2 is 1.66 bits per heavy atom. The molecule has 3 unspecified atom stereocenters. The number of aromatic nitrogens is 2. The van der Waals surface area contributed by atoms with Crippen LogP contribution in [0, 0.1) is 5.41 Å². The van der Waals surface area contributed by atoms with E-state index in [1.165, 1.54) is 6.92 Å². The summed E-state index contributed by atoms with van der Waals surface area (Å²) in [4.78, 5) is 95.4. The van der Waals surface area contributed by atoms with Crippen LogP contribution in [0.1, 0.15) is 76.6 Å². The van der Waals surface area contributed by atoms with Gasteiger partial charge in [-0.2, -0.15) is 0 Å². The third kappa shape index (κ3) is 12.5. The Morgan fingerprint density at radius 1 is 0.938 bits per heavy atom. The maximum absolute atomic E-state index is 14.1. The van der Waals surface area contributed by atoms with Crippen molar-refractivity contribution in [2.75, 3.05) is 46.2 Å². The second kappa shape index (κ2) is 20.7. The van der Waals surface area contributed by atoms with Crippen LogP contribution in [0.3, 0.4) is 0 Å². The number of cyclic esters (lactones) is 1. The topological polar surface area (TPSA) is 313 Å². The Morgan fingerprint density at radius 3 is 2.31 bits per heavy atom. The predicted octanol–water partition coefficient (Wildman–Crippen LogP) is 4.50. The van der Waals surface area contributed by atoms with Crippen LogP contribution < -0.4 is 15.6 Å². The molecule has 23 nitrogen and oxygen atoms in total. The standard InChI is InChI=1S/C38H52N3O20P3/c1-7-25-26-17-23(59-36(45)39-13-10-14-53-20-24(61-64(51,52)55-9-3)21-58-63(49,50)57-16-15-56-62(46,47)48)11-12-30(26)40-32-27(25)19-41-31(32)18-29-28(33(41)42)22-54-35(44)38(29,8-2)60-34(43)37(4,5)6/h11-12,17-18,24H,7-10,13-16,19-22H2,1-6H3,(H,39,45)(H,49,50)(H,51,52)(H2,46,47,48)/t24?,38-/m0/s1. The van der Waals surface area contributed by atoms with E-state index in [1.54, 1.807) is 56.5 Å². The highest BCUT2D eigenvalue weighted by atomic mass is 31.2. The number of phosphoric acid groups is 3. The van der Waals surface area contributed by atoms with Crippen LogP contribution in [0.2, 0.25) is 0 Å². The first-order valence-corrected chi connectivity index (χ1v) is 24.6. The van der Waals surface area contributed by atoms with Crippen molar-refractivity contribution in [1.29, 1.82) is 0 Å². The molecule has 5 N–H and O–H groups in total. The third-order valence-corrected chi connectivity index (χ3v) is 12.5. The van der Waals surface area contributed by atoms with E-state index in [9.17, 15) is 42.7 Å². The summed E-state index contributed by atoms with van der Waals surface area (Å²) in [5.74, 6) is -1.18. The average molecular weight is 964 g/mol. The Labute approximate surface area is 367 Å². The summed E-state index contributed by atoms with van der Waals surface area (Å²) in [6.45, 7) is 7.02. The molecule has 3 aromatic rings. The minimum Gasteiger partial charge on any atom is -0.457 e. The summed E-state index contributed by atoms with van der Waals surface area (Å²) in [5.41, 5.74) is 0.478. The zero-order valence-corrected chi connectivity index (χ0v) is 38.6. The number of aryl methyl sites for hydroxylation is 1. The van der Waals surface area contributed by atoms with Gasteiger partial charge < -0.3 is 48.4 Å². The number of carbonyl (C=O) groups excluding carboxylic acids is 3. The van der Waals surface area contributed by atoms with E-state index >= 15 is 0 Å². The van der Waals surface area contributed by atoms with Gasteiger partial charge in [0, 0.05) is 29.7 Å². The summed E-state index contributed by atoms with van der Waals surface area (Å²) in [7, 11) is -14.3. The number of phosphoric ester groups is 3. The molecule has 4 atom stereocenters. The zero-order chi connectivity index (χ0) is 47.3. The summed E-state index contributed by atoms with van der Waals surface area (Å²) in [6, 6.07) is 6.58. The summed E-state index contributed by atoms with van der Waals surface area (Å²) in [6.07, 6.45) is -1.46. The fourth-order valence-corrected chi connectivity index (χ4v) is 8.75. The quantitative estimate of drug-likeness (QED) is 0.0411. The number of nitrogens with one attached hydrogen (secondary N) is 1. The van der Waals surface area contributed by atoms with Crippen LogP contribution in [0.15, 0.2) is 29.1 Å². The molecule has 0 aliphatic carbocycles. The van der Waals surface area contributed by atoms with Gasteiger partial charge in [0.2, 0.25) is 5.60 Å². The van der Waals surface area contributed by atoms with Gasteiger partial charge >= 0.3 is 41.5 Å². The van der Waals surface area contributed by atoms with Crippen molar-refractivity contribution in [3.63, 3.8) is 0 Å². The number of ether oxygens (including phenoxy) is 4. The van der Waals surface area contributed by atoms with Gasteiger partial charge in [0.05, 0.1) is 67.5 Å². The molecule has 0 saturated carbocycles. The summed E-state index contributed by atoms with van der Waals surface area (Å²) >= 11 is 0. The molecule has 0 fully saturated rings. The van der Waals surface area contributed by atoms with E-state index in [0.717, 1.165) is 11.1 Å². The minimum absolute atomic E-state index is 0.0342. The van der Waals surface area contributed by atoms with Crippen LogP contribution >= 0.6 is 23.5 Å². The monoisotopic (exact) mass is 963 g/mol. The SMILES string of the molecule is CCOP(=O)(O)OC(COCCCNC(=O)Oc1ccc2nc3c(c(CC)c2c1)Cn1c-3cc2c(c1=O)COC(=O)[C@@]2(CC)OC(=O)C(C)(C)C)COP(=O)(O)OCCOP(=O)(O)O. The largest absolute Gasteiger partial charge is 0.472 e. The van der Waals surface area contributed by atoms with E-state index in [0.29, 0.717) is 28.7 Å². The maximum atomic E-state index is 14.1. The van der Waals surface area contributed by atoms with Crippen LogP contribution in [0.4, 0.5) is 4.79 Å². The Bertz CT molecular complexity index is 2450. The second-order valence-corrected chi connectivity index (χ2v) is 19.5. The van der Waals surface area contributed by atoms with Crippen LogP contribution in [-0.4, -0.2) is 99.4 Å². The first-order chi connectivity index (χ1) is 29.9. The van der Waals surface area contributed by atoms with Crippen LogP contribution in [0.5, 0.6) is 5.75 Å². The van der Waals surface area contributed by atoms with E-state index < -0.39 is 90.6 Å². The minimum atomic E-state index is -4.85. The number of benzene rings is 1. The third-order valence-electron chi connectivity index (χ3n) is 9.82. The average Bonchev–Trinajstić information content (AvgIpc) is 3.57. The molecular formula is C38H52N3O20P3. The first-order valence-electron chi connectivity index (χ1n) is 20.1. The normalized spacial score (nSPS) is 18.2. The number of carbonyl (C=O) groups is 3. The molecule has 64 heavy (non-hydrogen) atoms. The van der Waals surface area contributed by atoms with Gasteiger partial charge in [0.1, 0.15) is 18.5 Å². The number of esters is 2. The highest BCUT2D eigenvalue weighted by Gasteiger charge is 2.51. The van der Waals surface area contributed by atoms with Crippen molar-refractivity contribution in [2.45, 2.75) is 85.7 Å². The second-order valence-electron chi connectivity index (χ2n) is 15.4. The van der Waals surface area contributed by atoms with E-state index in [1.807, 2.05) is 6.92 Å². The fraction of sp³-hybridized carbons (Fsp3) is 0.553. The van der Waals surface area contributed by atoms with Crippen molar-refractivity contribution in [1.82, 2.24) is 14.9 Å². The van der Waals surface area contributed by atoms with E-state index in [-0.39, 0.29) is 62.6 Å². The van der Waals surface area contributed by atoms with Gasteiger partial charge in [0.25, 0.3) is 5.56 Å².